The van der Waals surface area contributed by atoms with Gasteiger partial charge in [0, 0.05) is 13.1 Å². The van der Waals surface area contributed by atoms with E-state index in [9.17, 15) is 19.5 Å². The molecule has 1 aliphatic heterocycles. The van der Waals surface area contributed by atoms with Crippen LogP contribution in [-0.4, -0.2) is 60.9 Å². The van der Waals surface area contributed by atoms with E-state index >= 15 is 0 Å². The van der Waals surface area contributed by atoms with Crippen molar-refractivity contribution in [3.63, 3.8) is 0 Å². The van der Waals surface area contributed by atoms with Gasteiger partial charge in [-0.2, -0.15) is 0 Å². The van der Waals surface area contributed by atoms with Crippen LogP contribution in [0.2, 0.25) is 0 Å². The average molecular weight is 396 g/mol. The number of aliphatic imine (C=N–C) groups is 2. The normalized spacial score (nSPS) is 23.8. The zero-order chi connectivity index (χ0) is 20.4. The van der Waals surface area contributed by atoms with Crippen LogP contribution >= 0.6 is 0 Å². The van der Waals surface area contributed by atoms with E-state index in [2.05, 4.69) is 31.3 Å². The van der Waals surface area contributed by atoms with Crippen LogP contribution in [0, 0.1) is 5.92 Å². The highest BCUT2D eigenvalue weighted by Gasteiger charge is 2.28. The minimum absolute atomic E-state index is 0.238. The third-order valence-electron chi connectivity index (χ3n) is 4.37. The topological polar surface area (TPSA) is 154 Å². The number of unbranched alkanes of at least 4 members (excludes halogenated alkanes) is 1. The average Bonchev–Trinajstić information content (AvgIpc) is 2.64. The van der Waals surface area contributed by atoms with Gasteiger partial charge in [-0.15, -0.1) is 0 Å². The predicted molar refractivity (Wildman–Crippen MR) is 102 cm³/mol. The first-order valence-electron chi connectivity index (χ1n) is 9.52. The molecule has 156 valence electrons. The van der Waals surface area contributed by atoms with Crippen LogP contribution in [-0.2, 0) is 9.53 Å². The Labute approximate surface area is 163 Å². The van der Waals surface area contributed by atoms with Crippen molar-refractivity contribution in [1.82, 2.24) is 21.3 Å². The third kappa shape index (κ3) is 7.91. The van der Waals surface area contributed by atoms with Crippen molar-refractivity contribution in [1.29, 1.82) is 0 Å². The first-order valence-corrected chi connectivity index (χ1v) is 9.52. The minimum atomic E-state index is -0.784. The summed E-state index contributed by atoms with van der Waals surface area (Å²) in [5.74, 6) is -0.678. The summed E-state index contributed by atoms with van der Waals surface area (Å²) in [6.07, 6.45) is 3.58. The molecular formula is C17H28N6O5. The molecule has 3 amide bonds. The molecule has 3 atom stereocenters. The van der Waals surface area contributed by atoms with E-state index in [0.717, 1.165) is 6.42 Å². The monoisotopic (exact) mass is 396 g/mol. The summed E-state index contributed by atoms with van der Waals surface area (Å²) < 4.78 is 4.77. The zero-order valence-electron chi connectivity index (χ0n) is 15.9. The van der Waals surface area contributed by atoms with Crippen molar-refractivity contribution in [3.05, 3.63) is 0 Å². The van der Waals surface area contributed by atoms with Crippen LogP contribution in [0.5, 0.6) is 0 Å². The summed E-state index contributed by atoms with van der Waals surface area (Å²) in [6.45, 7) is 2.53. The molecule has 2 aliphatic rings. The first kappa shape index (κ1) is 21.6. The van der Waals surface area contributed by atoms with E-state index < -0.39 is 24.1 Å². The van der Waals surface area contributed by atoms with Crippen LogP contribution < -0.4 is 21.3 Å². The maximum atomic E-state index is 11.9. The highest BCUT2D eigenvalue weighted by Crippen LogP contribution is 2.25. The number of carbonyl (C=O) groups is 3. The van der Waals surface area contributed by atoms with Gasteiger partial charge >= 0.3 is 18.1 Å². The van der Waals surface area contributed by atoms with Crippen molar-refractivity contribution in [3.8, 4) is 0 Å². The number of alkyl carbamates (subject to hydrolysis) is 1. The Kier molecular flexibility index (Phi) is 8.66. The molecule has 0 radical (unpaired) electrons. The van der Waals surface area contributed by atoms with Gasteiger partial charge in [-0.3, -0.25) is 10.1 Å². The summed E-state index contributed by atoms with van der Waals surface area (Å²) in [5, 5.41) is 20.0. The van der Waals surface area contributed by atoms with Gasteiger partial charge in [0.25, 0.3) is 0 Å². The number of amides is 3. The Morgan fingerprint density at radius 1 is 1.25 bits per heavy atom. The number of carbonyl (C=O) groups excluding carboxylic acids is 3. The van der Waals surface area contributed by atoms with E-state index in [1.165, 1.54) is 6.34 Å². The summed E-state index contributed by atoms with van der Waals surface area (Å²) in [4.78, 5) is 43.3. The number of rotatable bonds is 6. The largest absolute Gasteiger partial charge is 0.414 e. The van der Waals surface area contributed by atoms with Crippen molar-refractivity contribution >= 4 is 30.4 Å². The number of nitrogens with zero attached hydrogens (tertiary/aromatic N) is 2. The molecule has 1 fully saturated rings. The van der Waals surface area contributed by atoms with Gasteiger partial charge in [-0.1, -0.05) is 6.42 Å². The number of esters is 1. The Hall–Kier alpha value is -2.69. The summed E-state index contributed by atoms with van der Waals surface area (Å²) in [6, 6.07) is -0.388. The lowest BCUT2D eigenvalue weighted by Gasteiger charge is -2.23. The Morgan fingerprint density at radius 2 is 2.00 bits per heavy atom. The lowest BCUT2D eigenvalue weighted by Crippen LogP contribution is -2.47. The van der Waals surface area contributed by atoms with E-state index in [1.807, 2.05) is 0 Å². The van der Waals surface area contributed by atoms with Gasteiger partial charge in [0.05, 0.1) is 18.4 Å². The summed E-state index contributed by atoms with van der Waals surface area (Å²) in [7, 11) is 0. The number of guanidine groups is 1. The molecule has 11 heteroatoms. The van der Waals surface area contributed by atoms with Crippen LogP contribution in [0.4, 0.5) is 9.59 Å². The minimum Gasteiger partial charge on any atom is -0.393 e. The highest BCUT2D eigenvalue weighted by molar-refractivity contribution is 6.01. The summed E-state index contributed by atoms with van der Waals surface area (Å²) >= 11 is 0. The molecule has 5 N–H and O–H groups in total. The van der Waals surface area contributed by atoms with Gasteiger partial charge in [0.2, 0.25) is 5.96 Å². The molecule has 11 nitrogen and oxygen atoms in total. The second-order valence-corrected chi connectivity index (χ2v) is 6.77. The van der Waals surface area contributed by atoms with E-state index in [-0.39, 0.29) is 12.2 Å². The van der Waals surface area contributed by atoms with Crippen LogP contribution in [0.15, 0.2) is 9.98 Å². The number of aliphatic hydroxyl groups excluding tert-OH is 1. The second kappa shape index (κ2) is 11.2. The van der Waals surface area contributed by atoms with Crippen LogP contribution in [0.3, 0.4) is 0 Å². The molecule has 0 spiro atoms. The van der Waals surface area contributed by atoms with Gasteiger partial charge in [-0.25, -0.2) is 19.6 Å². The van der Waals surface area contributed by atoms with Crippen molar-refractivity contribution in [2.24, 2.45) is 15.9 Å². The Bertz CT molecular complexity index is 623. The number of ether oxygens (including phenoxy) is 1. The molecule has 0 bridgehead atoms. The number of hydrogen-bond donors (Lipinski definition) is 5. The zero-order valence-corrected chi connectivity index (χ0v) is 15.9. The number of aliphatic hydroxyl groups is 1. The molecule has 0 aromatic carbocycles. The molecule has 0 aromatic heterocycles. The van der Waals surface area contributed by atoms with Crippen molar-refractivity contribution in [2.45, 2.75) is 57.7 Å². The second-order valence-electron chi connectivity index (χ2n) is 6.77. The molecule has 1 saturated carbocycles. The summed E-state index contributed by atoms with van der Waals surface area (Å²) in [5.41, 5.74) is 0. The van der Waals surface area contributed by atoms with Gasteiger partial charge in [-0.05, 0) is 39.0 Å². The van der Waals surface area contributed by atoms with E-state index in [1.54, 1.807) is 6.92 Å². The standard InChI is InChI=1S/C17H28N6O5/c1-11-20-10-21-15(22-11)23-16(26)18-7-2-3-8-19-17(27)28-14(25)12-5-4-6-13(24)9-12/h10-13,24H,2-9H2,1H3,(H,19,27)(H3,18,20,21,22,23,26). The molecule has 2 rings (SSSR count). The molecule has 0 aromatic rings. The maximum Gasteiger partial charge on any atom is 0.414 e. The molecule has 3 unspecified atom stereocenters. The number of nitrogens with one attached hydrogen (secondary N) is 4. The lowest BCUT2D eigenvalue weighted by molar-refractivity contribution is -0.144. The SMILES string of the molecule is CC1N=CNC(NC(=O)NCCCCNC(=O)OC(=O)C2CCCC(O)C2)=N1. The molecule has 1 heterocycles. The van der Waals surface area contributed by atoms with Crippen LogP contribution in [0.25, 0.3) is 0 Å². The van der Waals surface area contributed by atoms with Crippen molar-refractivity contribution < 1.29 is 24.2 Å². The fourth-order valence-electron chi connectivity index (χ4n) is 2.92. The number of hydrogen-bond acceptors (Lipinski definition) is 8. The fraction of sp³-hybridized carbons (Fsp3) is 0.706. The van der Waals surface area contributed by atoms with E-state index in [4.69, 9.17) is 4.74 Å². The van der Waals surface area contributed by atoms with Gasteiger partial charge in [0.15, 0.2) is 0 Å². The fourth-order valence-corrected chi connectivity index (χ4v) is 2.92. The Morgan fingerprint density at radius 3 is 2.71 bits per heavy atom. The predicted octanol–water partition coefficient (Wildman–Crippen LogP) is 0.203. The quantitative estimate of drug-likeness (QED) is 0.246. The smallest absolute Gasteiger partial charge is 0.393 e. The molecule has 0 saturated heterocycles. The first-order chi connectivity index (χ1) is 13.4. The maximum absolute atomic E-state index is 11.9. The molecule has 28 heavy (non-hydrogen) atoms. The third-order valence-corrected chi connectivity index (χ3v) is 4.37. The van der Waals surface area contributed by atoms with Gasteiger partial charge in [0.1, 0.15) is 6.17 Å². The molecular weight excluding hydrogens is 368 g/mol. The van der Waals surface area contributed by atoms with Gasteiger partial charge < -0.3 is 25.8 Å². The number of urea groups is 1. The lowest BCUT2D eigenvalue weighted by atomic mass is 9.87. The Balaban J connectivity index is 1.50. The highest BCUT2D eigenvalue weighted by atomic mass is 16.6. The van der Waals surface area contributed by atoms with Crippen LogP contribution in [0.1, 0.15) is 45.4 Å². The van der Waals surface area contributed by atoms with E-state index in [0.29, 0.717) is 51.2 Å². The van der Waals surface area contributed by atoms with Crippen molar-refractivity contribution in [2.75, 3.05) is 13.1 Å². The molecule has 1 aliphatic carbocycles.